The smallest absolute Gasteiger partial charge is 0.302 e. The van der Waals surface area contributed by atoms with Gasteiger partial charge in [0.05, 0.1) is 13.2 Å². The van der Waals surface area contributed by atoms with Crippen LogP contribution in [0.2, 0.25) is 0 Å². The number of unbranched alkanes of at least 4 members (excludes halogenated alkanes) is 2. The van der Waals surface area contributed by atoms with Crippen molar-refractivity contribution in [1.82, 2.24) is 0 Å². The highest BCUT2D eigenvalue weighted by Crippen LogP contribution is 1.96. The molecule has 0 aliphatic carbocycles. The second kappa shape index (κ2) is 7.33. The molecule has 0 rings (SSSR count). The van der Waals surface area contributed by atoms with E-state index in [1.54, 1.807) is 0 Å². The van der Waals surface area contributed by atoms with Crippen LogP contribution in [0.5, 0.6) is 0 Å². The largest absolute Gasteiger partial charge is 0.466 e. The summed E-state index contributed by atoms with van der Waals surface area (Å²) in [6.45, 7) is 1.82. The van der Waals surface area contributed by atoms with Gasteiger partial charge in [0, 0.05) is 6.92 Å². The second-order valence-corrected chi connectivity index (χ2v) is 2.46. The van der Waals surface area contributed by atoms with Gasteiger partial charge in [-0.3, -0.25) is 4.79 Å². The lowest BCUT2D eigenvalue weighted by molar-refractivity contribution is -0.757. The Balaban J connectivity index is 3.00. The van der Waals surface area contributed by atoms with Crippen LogP contribution in [0.15, 0.2) is 0 Å². The number of hydrogen-bond acceptors (Lipinski definition) is 5. The average Bonchev–Trinajstić information content (AvgIpc) is 2.01. The van der Waals surface area contributed by atoms with Gasteiger partial charge in [-0.1, -0.05) is 0 Å². The van der Waals surface area contributed by atoms with Gasteiger partial charge in [0.15, 0.2) is 0 Å². The molecule has 13 heavy (non-hydrogen) atoms. The van der Waals surface area contributed by atoms with E-state index in [4.69, 9.17) is 0 Å². The van der Waals surface area contributed by atoms with E-state index >= 15 is 0 Å². The molecule has 6 nitrogen and oxygen atoms in total. The normalized spacial score (nSPS) is 9.31. The molecule has 0 aromatic carbocycles. The van der Waals surface area contributed by atoms with Crippen molar-refractivity contribution >= 4 is 5.97 Å². The highest BCUT2D eigenvalue weighted by molar-refractivity contribution is 5.65. The Labute approximate surface area is 75.9 Å². The molecule has 0 atom stereocenters. The van der Waals surface area contributed by atoms with Crippen LogP contribution >= 0.6 is 0 Å². The quantitative estimate of drug-likeness (QED) is 0.259. The standard InChI is InChI=1S/C7H13NO5/c1-7(9)12-5-3-2-4-6-13-8(10)11/h2-6H2,1H3. The van der Waals surface area contributed by atoms with E-state index in [9.17, 15) is 14.9 Å². The minimum Gasteiger partial charge on any atom is -0.466 e. The molecule has 0 spiro atoms. The maximum absolute atomic E-state index is 10.3. The number of esters is 1. The van der Waals surface area contributed by atoms with Crippen molar-refractivity contribution in [3.05, 3.63) is 10.1 Å². The predicted octanol–water partition coefficient (Wildman–Crippen LogP) is 0.928. The third-order valence-electron chi connectivity index (χ3n) is 1.29. The summed E-state index contributed by atoms with van der Waals surface area (Å²) in [5.41, 5.74) is 0. The maximum Gasteiger partial charge on any atom is 0.302 e. The summed E-state index contributed by atoms with van der Waals surface area (Å²) in [6, 6.07) is 0. The summed E-state index contributed by atoms with van der Waals surface area (Å²) in [4.78, 5) is 24.1. The molecule has 0 N–H and O–H groups in total. The van der Waals surface area contributed by atoms with Crippen molar-refractivity contribution in [3.63, 3.8) is 0 Å². The number of ether oxygens (including phenoxy) is 1. The van der Waals surface area contributed by atoms with Crippen LogP contribution in [0, 0.1) is 10.1 Å². The third-order valence-corrected chi connectivity index (χ3v) is 1.29. The first-order chi connectivity index (χ1) is 6.13. The van der Waals surface area contributed by atoms with Crippen LogP contribution < -0.4 is 0 Å². The lowest BCUT2D eigenvalue weighted by Gasteiger charge is -2.01. The highest BCUT2D eigenvalue weighted by Gasteiger charge is 1.95. The minimum absolute atomic E-state index is 0.104. The fraction of sp³-hybridized carbons (Fsp3) is 0.857. The van der Waals surface area contributed by atoms with E-state index in [1.165, 1.54) is 6.92 Å². The highest BCUT2D eigenvalue weighted by atomic mass is 16.9. The molecule has 0 bridgehead atoms. The first kappa shape index (κ1) is 11.7. The number of hydrogen-bond donors (Lipinski definition) is 0. The van der Waals surface area contributed by atoms with E-state index in [-0.39, 0.29) is 12.6 Å². The molecule has 0 aromatic heterocycles. The molecule has 0 radical (unpaired) electrons. The molecule has 0 saturated carbocycles. The number of rotatable bonds is 7. The van der Waals surface area contributed by atoms with Gasteiger partial charge in [-0.05, 0) is 19.3 Å². The Morgan fingerprint density at radius 2 is 1.92 bits per heavy atom. The molecular weight excluding hydrogens is 178 g/mol. The Morgan fingerprint density at radius 1 is 1.31 bits per heavy atom. The number of nitrogens with zero attached hydrogens (tertiary/aromatic N) is 1. The molecule has 0 aliphatic heterocycles. The first-order valence-electron chi connectivity index (χ1n) is 4.03. The summed E-state index contributed by atoms with van der Waals surface area (Å²) in [5, 5.41) is 8.88. The molecule has 0 aromatic rings. The van der Waals surface area contributed by atoms with Crippen molar-refractivity contribution < 1.29 is 19.5 Å². The molecule has 76 valence electrons. The topological polar surface area (TPSA) is 78.7 Å². The Hall–Kier alpha value is -1.33. The molecule has 0 heterocycles. The molecule has 0 amide bonds. The molecule has 0 aliphatic rings. The van der Waals surface area contributed by atoms with E-state index in [0.717, 1.165) is 6.42 Å². The Kier molecular flexibility index (Phi) is 6.58. The van der Waals surface area contributed by atoms with Gasteiger partial charge >= 0.3 is 5.97 Å². The van der Waals surface area contributed by atoms with Crippen molar-refractivity contribution in [1.29, 1.82) is 0 Å². The zero-order valence-electron chi connectivity index (χ0n) is 7.52. The molecular formula is C7H13NO5. The van der Waals surface area contributed by atoms with Crippen molar-refractivity contribution in [3.8, 4) is 0 Å². The molecule has 0 saturated heterocycles. The Bertz CT molecular complexity index is 152. The maximum atomic E-state index is 10.3. The average molecular weight is 191 g/mol. The zero-order valence-corrected chi connectivity index (χ0v) is 7.52. The van der Waals surface area contributed by atoms with Gasteiger partial charge in [-0.25, -0.2) is 0 Å². The SMILES string of the molecule is CC(=O)OCCCCCO[N+](=O)[O-]. The summed E-state index contributed by atoms with van der Waals surface area (Å²) in [6.07, 6.45) is 2.06. The van der Waals surface area contributed by atoms with Crippen LogP contribution in [0.3, 0.4) is 0 Å². The zero-order chi connectivity index (χ0) is 10.1. The van der Waals surface area contributed by atoms with Crippen LogP contribution in [-0.4, -0.2) is 24.3 Å². The van der Waals surface area contributed by atoms with Gasteiger partial charge in [-0.15, -0.1) is 10.1 Å². The summed E-state index contributed by atoms with van der Waals surface area (Å²) >= 11 is 0. The van der Waals surface area contributed by atoms with Gasteiger partial charge in [0.25, 0.3) is 5.09 Å². The number of carbonyl (C=O) groups is 1. The first-order valence-corrected chi connectivity index (χ1v) is 4.03. The van der Waals surface area contributed by atoms with Crippen molar-refractivity contribution in [2.75, 3.05) is 13.2 Å². The van der Waals surface area contributed by atoms with Gasteiger partial charge in [0.1, 0.15) is 0 Å². The minimum atomic E-state index is -0.813. The lowest BCUT2D eigenvalue weighted by atomic mass is 10.2. The van der Waals surface area contributed by atoms with Crippen LogP contribution in [0.25, 0.3) is 0 Å². The summed E-state index contributed by atoms with van der Waals surface area (Å²) in [7, 11) is 0. The second-order valence-electron chi connectivity index (χ2n) is 2.46. The van der Waals surface area contributed by atoms with Gasteiger partial charge in [0.2, 0.25) is 0 Å². The van der Waals surface area contributed by atoms with Gasteiger partial charge < -0.3 is 9.57 Å². The fourth-order valence-electron chi connectivity index (χ4n) is 0.736. The molecule has 0 unspecified atom stereocenters. The van der Waals surface area contributed by atoms with Gasteiger partial charge in [-0.2, -0.15) is 0 Å². The third kappa shape index (κ3) is 10.7. The van der Waals surface area contributed by atoms with Crippen LogP contribution in [0.1, 0.15) is 26.2 Å². The van der Waals surface area contributed by atoms with Crippen LogP contribution in [0.4, 0.5) is 0 Å². The summed E-state index contributed by atoms with van der Waals surface area (Å²) in [5.74, 6) is -0.304. The van der Waals surface area contributed by atoms with E-state index in [0.29, 0.717) is 19.4 Å². The lowest BCUT2D eigenvalue weighted by Crippen LogP contribution is -2.03. The predicted molar refractivity (Wildman–Crippen MR) is 43.4 cm³/mol. The Morgan fingerprint density at radius 3 is 2.46 bits per heavy atom. The van der Waals surface area contributed by atoms with Crippen molar-refractivity contribution in [2.45, 2.75) is 26.2 Å². The monoisotopic (exact) mass is 191 g/mol. The van der Waals surface area contributed by atoms with Crippen molar-refractivity contribution in [2.24, 2.45) is 0 Å². The van der Waals surface area contributed by atoms with E-state index in [2.05, 4.69) is 9.57 Å². The fourth-order valence-corrected chi connectivity index (χ4v) is 0.736. The molecule has 6 heteroatoms. The summed E-state index contributed by atoms with van der Waals surface area (Å²) < 4.78 is 4.66. The van der Waals surface area contributed by atoms with E-state index < -0.39 is 5.09 Å². The number of carbonyl (C=O) groups excluding carboxylic acids is 1. The van der Waals surface area contributed by atoms with Crippen LogP contribution in [-0.2, 0) is 14.4 Å². The van der Waals surface area contributed by atoms with E-state index in [1.807, 2.05) is 0 Å². The molecule has 0 fully saturated rings.